The Labute approximate surface area is 167 Å². The van der Waals surface area contributed by atoms with Gasteiger partial charge in [0.15, 0.2) is 5.65 Å². The number of nitrogens with one attached hydrogen (secondary N) is 1. The molecule has 2 aromatic heterocycles. The van der Waals surface area contributed by atoms with Crippen molar-refractivity contribution in [2.45, 2.75) is 18.5 Å². The van der Waals surface area contributed by atoms with E-state index in [1.165, 1.54) is 17.3 Å². The van der Waals surface area contributed by atoms with Gasteiger partial charge in [-0.3, -0.25) is 4.79 Å². The van der Waals surface area contributed by atoms with Gasteiger partial charge in [0.25, 0.3) is 0 Å². The van der Waals surface area contributed by atoms with Crippen LogP contribution >= 0.6 is 11.8 Å². The van der Waals surface area contributed by atoms with Gasteiger partial charge in [-0.15, -0.1) is 10.2 Å². The molecule has 0 saturated carbocycles. The number of anilines is 1. The lowest BCUT2D eigenvalue weighted by atomic mass is 10.1. The van der Waals surface area contributed by atoms with Crippen LogP contribution in [0.1, 0.15) is 12.5 Å². The number of rotatable bonds is 6. The number of aromatic nitrogens is 4. The van der Waals surface area contributed by atoms with E-state index in [0.29, 0.717) is 10.8 Å². The fourth-order valence-corrected chi connectivity index (χ4v) is 3.46. The second-order valence-electron chi connectivity index (χ2n) is 6.22. The fourth-order valence-electron chi connectivity index (χ4n) is 2.77. The lowest BCUT2D eigenvalue weighted by molar-refractivity contribution is -0.113. The number of hydrogen-bond donors (Lipinski definition) is 1. The maximum Gasteiger partial charge on any atom is 0.234 e. The number of thioether (sulfide) groups is 1. The lowest BCUT2D eigenvalue weighted by Gasteiger charge is -2.06. The van der Waals surface area contributed by atoms with Crippen molar-refractivity contribution in [3.63, 3.8) is 0 Å². The minimum Gasteiger partial charge on any atom is -0.325 e. The predicted molar refractivity (Wildman–Crippen MR) is 111 cm³/mol. The Morgan fingerprint density at radius 2 is 1.79 bits per heavy atom. The molecule has 0 radical (unpaired) electrons. The van der Waals surface area contributed by atoms with Gasteiger partial charge in [0, 0.05) is 11.3 Å². The molecule has 1 amide bonds. The maximum absolute atomic E-state index is 12.3. The average molecular weight is 389 g/mol. The molecule has 0 aliphatic heterocycles. The third-order valence-electron chi connectivity index (χ3n) is 4.28. The number of nitrogens with zero attached hydrogens (tertiary/aromatic N) is 4. The van der Waals surface area contributed by atoms with E-state index in [4.69, 9.17) is 0 Å². The Hall–Kier alpha value is -3.19. The zero-order chi connectivity index (χ0) is 19.3. The number of fused-ring (bicyclic) bond motifs is 1. The first-order valence-electron chi connectivity index (χ1n) is 9.02. The van der Waals surface area contributed by atoms with Crippen molar-refractivity contribution in [2.24, 2.45) is 0 Å². The zero-order valence-corrected chi connectivity index (χ0v) is 16.2. The van der Waals surface area contributed by atoms with Crippen LogP contribution < -0.4 is 5.32 Å². The molecule has 140 valence electrons. The van der Waals surface area contributed by atoms with Gasteiger partial charge in [-0.05, 0) is 36.2 Å². The van der Waals surface area contributed by atoms with E-state index in [-0.39, 0.29) is 11.7 Å². The molecule has 28 heavy (non-hydrogen) atoms. The summed E-state index contributed by atoms with van der Waals surface area (Å²) in [4.78, 5) is 12.3. The average Bonchev–Trinajstić information content (AvgIpc) is 3.16. The van der Waals surface area contributed by atoms with E-state index in [1.807, 2.05) is 66.7 Å². The third kappa shape index (κ3) is 4.04. The van der Waals surface area contributed by atoms with Crippen LogP contribution in [-0.2, 0) is 11.2 Å². The Morgan fingerprint density at radius 1 is 1.00 bits per heavy atom. The largest absolute Gasteiger partial charge is 0.325 e. The maximum atomic E-state index is 12.3. The molecule has 2 aromatic carbocycles. The minimum atomic E-state index is -0.0924. The van der Waals surface area contributed by atoms with Crippen LogP contribution in [0, 0.1) is 0 Å². The summed E-state index contributed by atoms with van der Waals surface area (Å²) in [6, 6.07) is 21.6. The van der Waals surface area contributed by atoms with Gasteiger partial charge < -0.3 is 5.32 Å². The summed E-state index contributed by atoms with van der Waals surface area (Å²) in [6.07, 6.45) is 0.974. The number of amides is 1. The molecule has 0 atom stereocenters. The standard InChI is InChI=1S/C21H19N5OS/c1-2-15-8-10-17(11-9-15)22-20(27)14-28-21-24-23-19-13-12-18(25-26(19)21)16-6-4-3-5-7-16/h3-13H,2,14H2,1H3,(H,22,27). The van der Waals surface area contributed by atoms with Gasteiger partial charge >= 0.3 is 0 Å². The van der Waals surface area contributed by atoms with Crippen LogP contribution in [0.3, 0.4) is 0 Å². The topological polar surface area (TPSA) is 72.2 Å². The number of aryl methyl sites for hydroxylation is 1. The van der Waals surface area contributed by atoms with Gasteiger partial charge in [0.1, 0.15) is 0 Å². The van der Waals surface area contributed by atoms with Gasteiger partial charge in [0.2, 0.25) is 11.1 Å². The van der Waals surface area contributed by atoms with Crippen LogP contribution in [-0.4, -0.2) is 31.5 Å². The van der Waals surface area contributed by atoms with Crippen LogP contribution in [0.5, 0.6) is 0 Å². The fraction of sp³-hybridized carbons (Fsp3) is 0.143. The van der Waals surface area contributed by atoms with E-state index in [2.05, 4.69) is 27.5 Å². The van der Waals surface area contributed by atoms with Crippen molar-refractivity contribution in [3.8, 4) is 11.3 Å². The molecule has 0 bridgehead atoms. The molecule has 4 aromatic rings. The second kappa shape index (κ2) is 8.22. The lowest BCUT2D eigenvalue weighted by Crippen LogP contribution is -2.14. The molecule has 0 spiro atoms. The van der Waals surface area contributed by atoms with E-state index in [0.717, 1.165) is 23.4 Å². The Balaban J connectivity index is 1.46. The normalized spacial score (nSPS) is 10.9. The highest BCUT2D eigenvalue weighted by atomic mass is 32.2. The van der Waals surface area contributed by atoms with Crippen LogP contribution in [0.4, 0.5) is 5.69 Å². The molecule has 6 nitrogen and oxygen atoms in total. The summed E-state index contributed by atoms with van der Waals surface area (Å²) in [5, 5.41) is 16.4. The van der Waals surface area contributed by atoms with E-state index >= 15 is 0 Å². The molecule has 0 saturated heterocycles. The summed E-state index contributed by atoms with van der Waals surface area (Å²) in [5.74, 6) is 0.137. The highest BCUT2D eigenvalue weighted by molar-refractivity contribution is 7.99. The number of hydrogen-bond acceptors (Lipinski definition) is 5. The summed E-state index contributed by atoms with van der Waals surface area (Å²) < 4.78 is 1.68. The zero-order valence-electron chi connectivity index (χ0n) is 15.4. The molecule has 0 aliphatic rings. The molecule has 7 heteroatoms. The Bertz CT molecular complexity index is 1090. The van der Waals surface area contributed by atoms with Gasteiger partial charge in [-0.2, -0.15) is 9.61 Å². The predicted octanol–water partition coefficient (Wildman–Crippen LogP) is 4.08. The first-order valence-corrected chi connectivity index (χ1v) is 10.0. The first kappa shape index (κ1) is 18.2. The summed E-state index contributed by atoms with van der Waals surface area (Å²) in [7, 11) is 0. The molecule has 4 rings (SSSR count). The number of carbonyl (C=O) groups is 1. The summed E-state index contributed by atoms with van der Waals surface area (Å²) >= 11 is 1.31. The monoisotopic (exact) mass is 389 g/mol. The highest BCUT2D eigenvalue weighted by Crippen LogP contribution is 2.21. The molecule has 0 unspecified atom stereocenters. The van der Waals surface area contributed by atoms with Gasteiger partial charge in [-0.1, -0.05) is 61.2 Å². The molecular weight excluding hydrogens is 370 g/mol. The highest BCUT2D eigenvalue weighted by Gasteiger charge is 2.12. The number of benzene rings is 2. The first-order chi connectivity index (χ1) is 13.7. The second-order valence-corrected chi connectivity index (χ2v) is 7.17. The third-order valence-corrected chi connectivity index (χ3v) is 5.20. The van der Waals surface area contributed by atoms with E-state index < -0.39 is 0 Å². The van der Waals surface area contributed by atoms with Gasteiger partial charge in [-0.25, -0.2) is 0 Å². The van der Waals surface area contributed by atoms with Crippen LogP contribution in [0.15, 0.2) is 71.9 Å². The van der Waals surface area contributed by atoms with Crippen molar-refractivity contribution < 1.29 is 4.79 Å². The smallest absolute Gasteiger partial charge is 0.234 e. The van der Waals surface area contributed by atoms with Crippen molar-refractivity contribution in [1.29, 1.82) is 0 Å². The van der Waals surface area contributed by atoms with E-state index in [1.54, 1.807) is 4.52 Å². The quantitative estimate of drug-likeness (QED) is 0.503. The molecule has 1 N–H and O–H groups in total. The van der Waals surface area contributed by atoms with Crippen molar-refractivity contribution in [2.75, 3.05) is 11.1 Å². The summed E-state index contributed by atoms with van der Waals surface area (Å²) in [5.41, 5.74) is 4.52. The molecular formula is C21H19N5OS. The van der Waals surface area contributed by atoms with Crippen molar-refractivity contribution >= 4 is 29.0 Å². The van der Waals surface area contributed by atoms with Crippen molar-refractivity contribution in [1.82, 2.24) is 19.8 Å². The van der Waals surface area contributed by atoms with Crippen molar-refractivity contribution in [3.05, 3.63) is 72.3 Å². The van der Waals surface area contributed by atoms with E-state index in [9.17, 15) is 4.79 Å². The Kier molecular flexibility index (Phi) is 5.34. The molecule has 2 heterocycles. The summed E-state index contributed by atoms with van der Waals surface area (Å²) in [6.45, 7) is 2.10. The van der Waals surface area contributed by atoms with Crippen LogP contribution in [0.2, 0.25) is 0 Å². The molecule has 0 aliphatic carbocycles. The Morgan fingerprint density at radius 3 is 2.54 bits per heavy atom. The molecule has 0 fully saturated rings. The van der Waals surface area contributed by atoms with Crippen LogP contribution in [0.25, 0.3) is 16.9 Å². The number of carbonyl (C=O) groups excluding carboxylic acids is 1. The van der Waals surface area contributed by atoms with Gasteiger partial charge in [0.05, 0.1) is 11.4 Å². The minimum absolute atomic E-state index is 0.0924. The SMILES string of the molecule is CCc1ccc(NC(=O)CSc2nnc3ccc(-c4ccccc4)nn23)cc1.